The molecule has 0 saturated heterocycles. The standard InChI is InChI=1S/C25H31F3N4O6/c26-25(27,28)24(36)38-22(34)11-12-31-15-21(33)32(16-6-2-1-3-7-16)19-10-9-17(14-18(19)23(31)35)37-13-5-4-8-20(29)30/h9-10,14,16H,1-8,11-13,15H2,(H3,29,30). The van der Waals surface area contributed by atoms with E-state index in [1.165, 1.54) is 6.07 Å². The van der Waals surface area contributed by atoms with E-state index in [9.17, 15) is 32.3 Å². The van der Waals surface area contributed by atoms with E-state index in [2.05, 4.69) is 4.74 Å². The molecule has 0 atom stereocenters. The molecule has 1 aliphatic heterocycles. The summed E-state index contributed by atoms with van der Waals surface area (Å²) in [5, 5.41) is 7.27. The first-order valence-electron chi connectivity index (χ1n) is 12.5. The van der Waals surface area contributed by atoms with Gasteiger partial charge in [0.2, 0.25) is 5.91 Å². The van der Waals surface area contributed by atoms with Gasteiger partial charge in [-0.3, -0.25) is 19.8 Å². The Morgan fingerprint density at radius 3 is 2.45 bits per heavy atom. The van der Waals surface area contributed by atoms with Crippen LogP contribution in [-0.4, -0.2) is 66.4 Å². The zero-order valence-electron chi connectivity index (χ0n) is 20.8. The molecule has 13 heteroatoms. The predicted octanol–water partition coefficient (Wildman–Crippen LogP) is 3.32. The van der Waals surface area contributed by atoms with Crippen LogP contribution in [0, 0.1) is 5.41 Å². The van der Waals surface area contributed by atoms with Gasteiger partial charge < -0.3 is 25.0 Å². The van der Waals surface area contributed by atoms with Crippen molar-refractivity contribution in [2.45, 2.75) is 70.0 Å². The van der Waals surface area contributed by atoms with Crippen molar-refractivity contribution in [3.63, 3.8) is 0 Å². The summed E-state index contributed by atoms with van der Waals surface area (Å²) < 4.78 is 46.7. The Kier molecular flexibility index (Phi) is 9.70. The number of hydrogen-bond acceptors (Lipinski definition) is 7. The van der Waals surface area contributed by atoms with E-state index >= 15 is 0 Å². The van der Waals surface area contributed by atoms with Gasteiger partial charge in [-0.15, -0.1) is 0 Å². The van der Waals surface area contributed by atoms with Gasteiger partial charge >= 0.3 is 18.1 Å². The first-order chi connectivity index (χ1) is 18.0. The SMILES string of the molecule is N=C(N)CCCCOc1ccc2c(c1)C(=O)N(CCC(=O)OC(=O)C(F)(F)F)CC(=O)N2C1CCCCC1. The highest BCUT2D eigenvalue weighted by Crippen LogP contribution is 2.35. The lowest BCUT2D eigenvalue weighted by atomic mass is 9.93. The third kappa shape index (κ3) is 7.68. The Labute approximate surface area is 217 Å². The summed E-state index contributed by atoms with van der Waals surface area (Å²) >= 11 is 0. The number of carbonyl (C=O) groups excluding carboxylic acids is 4. The highest BCUT2D eigenvalue weighted by atomic mass is 19.4. The molecular formula is C25H31F3N4O6. The maximum absolute atomic E-state index is 13.5. The van der Waals surface area contributed by atoms with Gasteiger partial charge in [0.1, 0.15) is 12.3 Å². The number of ether oxygens (including phenoxy) is 2. The Morgan fingerprint density at radius 2 is 1.79 bits per heavy atom. The van der Waals surface area contributed by atoms with Gasteiger partial charge in [-0.25, -0.2) is 4.79 Å². The molecule has 0 aromatic heterocycles. The van der Waals surface area contributed by atoms with Crippen molar-refractivity contribution in [1.29, 1.82) is 5.41 Å². The number of halogens is 3. The number of rotatable bonds is 10. The van der Waals surface area contributed by atoms with Crippen LogP contribution in [0.15, 0.2) is 18.2 Å². The van der Waals surface area contributed by atoms with E-state index < -0.39 is 37.0 Å². The minimum Gasteiger partial charge on any atom is -0.494 e. The lowest BCUT2D eigenvalue weighted by molar-refractivity contribution is -0.201. The van der Waals surface area contributed by atoms with Gasteiger partial charge in [0, 0.05) is 19.0 Å². The summed E-state index contributed by atoms with van der Waals surface area (Å²) in [6.45, 7) is -0.483. The Balaban J connectivity index is 1.79. The third-order valence-corrected chi connectivity index (χ3v) is 6.41. The molecule has 0 unspecified atom stereocenters. The molecule has 38 heavy (non-hydrogen) atoms. The first-order valence-corrected chi connectivity index (χ1v) is 12.5. The van der Waals surface area contributed by atoms with Gasteiger partial charge in [0.15, 0.2) is 0 Å². The molecule has 0 bridgehead atoms. The molecule has 3 rings (SSSR count). The fraction of sp³-hybridized carbons (Fsp3) is 0.560. The van der Waals surface area contributed by atoms with Crippen molar-refractivity contribution in [2.24, 2.45) is 5.73 Å². The third-order valence-electron chi connectivity index (χ3n) is 6.41. The van der Waals surface area contributed by atoms with E-state index in [-0.39, 0.29) is 29.9 Å². The van der Waals surface area contributed by atoms with Crippen LogP contribution < -0.4 is 15.4 Å². The Bertz CT molecular complexity index is 1070. The summed E-state index contributed by atoms with van der Waals surface area (Å²) in [5.74, 6) is -4.60. The van der Waals surface area contributed by atoms with E-state index in [4.69, 9.17) is 15.9 Å². The van der Waals surface area contributed by atoms with Crippen LogP contribution in [-0.2, 0) is 19.1 Å². The second-order valence-corrected chi connectivity index (χ2v) is 9.30. The normalized spacial score (nSPS) is 16.6. The van der Waals surface area contributed by atoms with Crippen LogP contribution in [0.2, 0.25) is 0 Å². The Hall–Kier alpha value is -3.64. The van der Waals surface area contributed by atoms with Crippen molar-refractivity contribution in [2.75, 3.05) is 24.6 Å². The van der Waals surface area contributed by atoms with Crippen LogP contribution >= 0.6 is 0 Å². The molecule has 1 saturated carbocycles. The molecule has 208 valence electrons. The van der Waals surface area contributed by atoms with Gasteiger partial charge in [0.05, 0.1) is 30.1 Å². The van der Waals surface area contributed by atoms with Crippen molar-refractivity contribution in [3.05, 3.63) is 23.8 Å². The summed E-state index contributed by atoms with van der Waals surface area (Å²) in [6.07, 6.45) is 0.134. The topological polar surface area (TPSA) is 143 Å². The summed E-state index contributed by atoms with van der Waals surface area (Å²) in [6, 6.07) is 4.70. The smallest absolute Gasteiger partial charge is 0.491 e. The number of amides is 2. The fourth-order valence-corrected chi connectivity index (χ4v) is 4.57. The van der Waals surface area contributed by atoms with Gasteiger partial charge in [-0.2, -0.15) is 13.2 Å². The number of unbranched alkanes of at least 4 members (excludes halogenated alkanes) is 1. The predicted molar refractivity (Wildman–Crippen MR) is 130 cm³/mol. The van der Waals surface area contributed by atoms with E-state index in [0.29, 0.717) is 37.3 Å². The van der Waals surface area contributed by atoms with Crippen molar-refractivity contribution < 1.29 is 41.8 Å². The lowest BCUT2D eigenvalue weighted by Crippen LogP contribution is -2.45. The molecule has 2 aliphatic rings. The van der Waals surface area contributed by atoms with Crippen LogP contribution in [0.4, 0.5) is 18.9 Å². The van der Waals surface area contributed by atoms with Gasteiger partial charge in [0.25, 0.3) is 5.91 Å². The van der Waals surface area contributed by atoms with Crippen LogP contribution in [0.25, 0.3) is 0 Å². The number of alkyl halides is 3. The summed E-state index contributed by atoms with van der Waals surface area (Å²) in [7, 11) is 0. The molecule has 1 heterocycles. The number of anilines is 1. The number of fused-ring (bicyclic) bond motifs is 1. The maximum atomic E-state index is 13.5. The van der Waals surface area contributed by atoms with Gasteiger partial charge in [-0.05, 0) is 43.9 Å². The minimum absolute atomic E-state index is 0.0832. The highest BCUT2D eigenvalue weighted by Gasteiger charge is 2.42. The van der Waals surface area contributed by atoms with Crippen molar-refractivity contribution in [1.82, 2.24) is 4.90 Å². The quantitative estimate of drug-likeness (QED) is 0.152. The number of nitrogens with two attached hydrogens (primary N) is 1. The monoisotopic (exact) mass is 540 g/mol. The van der Waals surface area contributed by atoms with Crippen molar-refractivity contribution >= 4 is 35.3 Å². The number of carbonyl (C=O) groups is 4. The molecular weight excluding hydrogens is 509 g/mol. The van der Waals surface area contributed by atoms with E-state index in [0.717, 1.165) is 37.0 Å². The number of nitrogens with zero attached hydrogens (tertiary/aromatic N) is 2. The molecule has 3 N–H and O–H groups in total. The minimum atomic E-state index is -5.33. The maximum Gasteiger partial charge on any atom is 0.491 e. The zero-order chi connectivity index (χ0) is 27.9. The second-order valence-electron chi connectivity index (χ2n) is 9.30. The number of esters is 2. The molecule has 1 aromatic rings. The zero-order valence-corrected chi connectivity index (χ0v) is 20.8. The Morgan fingerprint density at radius 1 is 1.08 bits per heavy atom. The summed E-state index contributed by atoms with van der Waals surface area (Å²) in [5.41, 5.74) is 5.93. The average Bonchev–Trinajstić information content (AvgIpc) is 2.96. The van der Waals surface area contributed by atoms with Gasteiger partial charge in [-0.1, -0.05) is 19.3 Å². The number of nitrogens with one attached hydrogen (secondary N) is 1. The molecule has 10 nitrogen and oxygen atoms in total. The summed E-state index contributed by atoms with van der Waals surface area (Å²) in [4.78, 5) is 52.2. The number of amidine groups is 1. The first kappa shape index (κ1) is 28.9. The molecule has 1 fully saturated rings. The number of benzene rings is 1. The molecule has 2 amide bonds. The molecule has 1 aromatic carbocycles. The largest absolute Gasteiger partial charge is 0.494 e. The molecule has 1 aliphatic carbocycles. The van der Waals surface area contributed by atoms with Crippen LogP contribution in [0.1, 0.15) is 68.1 Å². The van der Waals surface area contributed by atoms with E-state index in [1.807, 2.05) is 0 Å². The highest BCUT2D eigenvalue weighted by molar-refractivity contribution is 6.10. The van der Waals surface area contributed by atoms with E-state index in [1.54, 1.807) is 17.0 Å². The molecule has 0 radical (unpaired) electrons. The fourth-order valence-electron chi connectivity index (χ4n) is 4.57. The second kappa shape index (κ2) is 12.7. The van der Waals surface area contributed by atoms with Crippen LogP contribution in [0.3, 0.4) is 0 Å². The average molecular weight is 541 g/mol. The number of hydrogen-bond donors (Lipinski definition) is 2. The van der Waals surface area contributed by atoms with Crippen molar-refractivity contribution in [3.8, 4) is 5.75 Å². The lowest BCUT2D eigenvalue weighted by Gasteiger charge is -2.34. The molecule has 0 spiro atoms. The van der Waals surface area contributed by atoms with Crippen LogP contribution in [0.5, 0.6) is 5.75 Å².